The predicted octanol–water partition coefficient (Wildman–Crippen LogP) is 3.52. The molecule has 0 fully saturated rings. The number of anilines is 1. The van der Waals surface area contributed by atoms with Gasteiger partial charge in [-0.05, 0) is 49.4 Å². The van der Waals surface area contributed by atoms with Gasteiger partial charge in [-0.15, -0.1) is 0 Å². The second-order valence-corrected chi connectivity index (χ2v) is 8.38. The fourth-order valence-corrected chi connectivity index (χ4v) is 4.94. The number of aromatic nitrogens is 3. The van der Waals surface area contributed by atoms with Crippen molar-refractivity contribution in [3.63, 3.8) is 0 Å². The molecule has 1 aliphatic rings. The molecule has 5 nitrogen and oxygen atoms in total. The van der Waals surface area contributed by atoms with E-state index >= 15 is 0 Å². The van der Waals surface area contributed by atoms with Crippen LogP contribution in [-0.2, 0) is 29.4 Å². The lowest BCUT2D eigenvalue weighted by atomic mass is 10.0. The Morgan fingerprint density at radius 1 is 1.07 bits per heavy atom. The highest BCUT2D eigenvalue weighted by molar-refractivity contribution is 7.84. The Bertz CT molecular complexity index is 966. The molecule has 1 aliphatic carbocycles. The molecule has 0 spiro atoms. The molecular formula is C21H24N4OS. The lowest BCUT2D eigenvalue weighted by molar-refractivity contribution is 0.648. The van der Waals surface area contributed by atoms with Crippen LogP contribution in [0.15, 0.2) is 53.8 Å². The van der Waals surface area contributed by atoms with Crippen molar-refractivity contribution >= 4 is 16.5 Å². The molecule has 0 radical (unpaired) electrons. The first-order valence-electron chi connectivity index (χ1n) is 9.30. The number of aryl methyl sites for hydroxylation is 1. The molecule has 2 aromatic heterocycles. The maximum absolute atomic E-state index is 13.4. The molecule has 0 N–H and O–H groups in total. The van der Waals surface area contributed by atoms with Crippen molar-refractivity contribution in [2.75, 3.05) is 19.0 Å². The molecule has 1 aromatic carbocycles. The molecule has 4 rings (SSSR count). The third-order valence-electron chi connectivity index (χ3n) is 4.94. The van der Waals surface area contributed by atoms with Crippen LogP contribution in [0.1, 0.15) is 29.8 Å². The Hall–Kier alpha value is -2.47. The molecule has 2 heterocycles. The molecule has 1 unspecified atom stereocenters. The van der Waals surface area contributed by atoms with Crippen molar-refractivity contribution in [2.45, 2.75) is 36.6 Å². The summed E-state index contributed by atoms with van der Waals surface area (Å²) in [4.78, 5) is 11.4. The van der Waals surface area contributed by atoms with E-state index in [2.05, 4.69) is 16.0 Å². The first-order valence-corrected chi connectivity index (χ1v) is 10.6. The molecule has 140 valence electrons. The zero-order valence-corrected chi connectivity index (χ0v) is 16.6. The minimum atomic E-state index is -1.25. The predicted molar refractivity (Wildman–Crippen MR) is 109 cm³/mol. The fraction of sp³-hybridized carbons (Fsp3) is 0.333. The van der Waals surface area contributed by atoms with Crippen molar-refractivity contribution in [3.05, 3.63) is 65.6 Å². The minimum Gasteiger partial charge on any atom is -0.377 e. The molecule has 3 aromatic rings. The van der Waals surface area contributed by atoms with Crippen LogP contribution in [-0.4, -0.2) is 32.8 Å². The summed E-state index contributed by atoms with van der Waals surface area (Å²) in [6, 6.07) is 13.9. The number of pyridine rings is 1. The standard InChI is InChI=1S/C21H24N4OS/c1-24(2)18-11-5-3-9-16(18)15-27(26)21-23-17-10-4-6-12-19(17)25(21)20-13-7-8-14-22-20/h3,5,7-9,11,13-14H,4,6,10,12,15H2,1-2H3. The van der Waals surface area contributed by atoms with Crippen molar-refractivity contribution in [1.29, 1.82) is 0 Å². The lowest BCUT2D eigenvalue weighted by Crippen LogP contribution is -2.14. The van der Waals surface area contributed by atoms with Crippen molar-refractivity contribution < 1.29 is 4.21 Å². The van der Waals surface area contributed by atoms with Gasteiger partial charge in [-0.3, -0.25) is 8.78 Å². The van der Waals surface area contributed by atoms with Gasteiger partial charge in [0.2, 0.25) is 5.16 Å². The highest BCUT2D eigenvalue weighted by Gasteiger charge is 2.25. The summed E-state index contributed by atoms with van der Waals surface area (Å²) >= 11 is 0. The van der Waals surface area contributed by atoms with Gasteiger partial charge in [0.1, 0.15) is 5.82 Å². The van der Waals surface area contributed by atoms with Crippen LogP contribution in [0.3, 0.4) is 0 Å². The Kier molecular flexibility index (Phi) is 5.07. The number of hydrogen-bond acceptors (Lipinski definition) is 4. The van der Waals surface area contributed by atoms with Crippen LogP contribution >= 0.6 is 0 Å². The smallest absolute Gasteiger partial charge is 0.205 e. The Morgan fingerprint density at radius 2 is 1.85 bits per heavy atom. The summed E-state index contributed by atoms with van der Waals surface area (Å²) in [7, 11) is 2.77. The average molecular weight is 381 g/mol. The van der Waals surface area contributed by atoms with E-state index in [1.165, 1.54) is 5.69 Å². The van der Waals surface area contributed by atoms with E-state index in [4.69, 9.17) is 4.98 Å². The quantitative estimate of drug-likeness (QED) is 0.680. The van der Waals surface area contributed by atoms with Gasteiger partial charge in [0.05, 0.1) is 22.2 Å². The molecule has 0 aliphatic heterocycles. The lowest BCUT2D eigenvalue weighted by Gasteiger charge is -2.17. The van der Waals surface area contributed by atoms with Gasteiger partial charge in [-0.1, -0.05) is 24.3 Å². The highest BCUT2D eigenvalue weighted by atomic mass is 32.2. The van der Waals surface area contributed by atoms with Crippen LogP contribution in [0, 0.1) is 0 Å². The second-order valence-electron chi connectivity index (χ2n) is 7.03. The molecule has 27 heavy (non-hydrogen) atoms. The largest absolute Gasteiger partial charge is 0.377 e. The number of rotatable bonds is 5. The Balaban J connectivity index is 1.76. The van der Waals surface area contributed by atoms with Crippen molar-refractivity contribution in [1.82, 2.24) is 14.5 Å². The number of benzene rings is 1. The first-order chi connectivity index (χ1) is 13.1. The summed E-state index contributed by atoms with van der Waals surface area (Å²) in [5.41, 5.74) is 4.40. The van der Waals surface area contributed by atoms with Crippen LogP contribution in [0.5, 0.6) is 0 Å². The summed E-state index contributed by atoms with van der Waals surface area (Å²) in [6.45, 7) is 0. The van der Waals surface area contributed by atoms with Gasteiger partial charge < -0.3 is 4.90 Å². The third kappa shape index (κ3) is 3.54. The molecule has 1 atom stereocenters. The zero-order valence-electron chi connectivity index (χ0n) is 15.8. The molecule has 0 saturated heterocycles. The Labute approximate surface area is 162 Å². The normalized spacial score (nSPS) is 14.6. The maximum atomic E-state index is 13.4. The van der Waals surface area contributed by atoms with Gasteiger partial charge >= 0.3 is 0 Å². The fourth-order valence-electron chi connectivity index (χ4n) is 3.67. The van der Waals surface area contributed by atoms with Crippen LogP contribution in [0.25, 0.3) is 5.82 Å². The van der Waals surface area contributed by atoms with E-state index in [-0.39, 0.29) is 0 Å². The average Bonchev–Trinajstić information content (AvgIpc) is 3.08. The monoisotopic (exact) mass is 380 g/mol. The summed E-state index contributed by atoms with van der Waals surface area (Å²) in [6.07, 6.45) is 5.97. The maximum Gasteiger partial charge on any atom is 0.205 e. The van der Waals surface area contributed by atoms with Crippen molar-refractivity contribution in [3.8, 4) is 5.82 Å². The topological polar surface area (TPSA) is 51.0 Å². The summed E-state index contributed by atoms with van der Waals surface area (Å²) in [5.74, 6) is 1.24. The van der Waals surface area contributed by atoms with E-state index < -0.39 is 10.8 Å². The number of nitrogens with zero attached hydrogens (tertiary/aromatic N) is 4. The molecule has 0 bridgehead atoms. The third-order valence-corrected chi connectivity index (χ3v) is 6.20. The molecule has 0 saturated carbocycles. The van der Waals surface area contributed by atoms with E-state index in [1.54, 1.807) is 6.20 Å². The van der Waals surface area contributed by atoms with Gasteiger partial charge in [0.25, 0.3) is 0 Å². The van der Waals surface area contributed by atoms with Crippen LogP contribution in [0.4, 0.5) is 5.69 Å². The minimum absolute atomic E-state index is 0.442. The molecule has 0 amide bonds. The summed E-state index contributed by atoms with van der Waals surface area (Å²) in [5, 5.41) is 0.620. The molecule has 6 heteroatoms. The number of para-hydroxylation sites is 1. The SMILES string of the molecule is CN(C)c1ccccc1CS(=O)c1nc2c(n1-c1ccccn1)CCCC2. The van der Waals surface area contributed by atoms with E-state index in [0.29, 0.717) is 10.9 Å². The van der Waals surface area contributed by atoms with Gasteiger partial charge in [0.15, 0.2) is 0 Å². The first kappa shape index (κ1) is 17.9. The zero-order chi connectivity index (χ0) is 18.8. The van der Waals surface area contributed by atoms with Gasteiger partial charge in [-0.25, -0.2) is 9.97 Å². The summed E-state index contributed by atoms with van der Waals surface area (Å²) < 4.78 is 15.4. The van der Waals surface area contributed by atoms with E-state index in [1.807, 2.05) is 55.1 Å². The highest BCUT2D eigenvalue weighted by Crippen LogP contribution is 2.28. The molecular weight excluding hydrogens is 356 g/mol. The van der Waals surface area contributed by atoms with Gasteiger partial charge in [-0.2, -0.15) is 0 Å². The Morgan fingerprint density at radius 3 is 2.63 bits per heavy atom. The number of hydrogen-bond donors (Lipinski definition) is 0. The van der Waals surface area contributed by atoms with Crippen LogP contribution < -0.4 is 4.90 Å². The second kappa shape index (κ2) is 7.64. The van der Waals surface area contributed by atoms with E-state index in [9.17, 15) is 4.21 Å². The van der Waals surface area contributed by atoms with Gasteiger partial charge in [0, 0.05) is 31.7 Å². The number of imidazole rings is 1. The van der Waals surface area contributed by atoms with Crippen LogP contribution in [0.2, 0.25) is 0 Å². The number of fused-ring (bicyclic) bond motifs is 1. The van der Waals surface area contributed by atoms with Crippen molar-refractivity contribution in [2.24, 2.45) is 0 Å². The van der Waals surface area contributed by atoms with E-state index in [0.717, 1.165) is 48.4 Å².